The summed E-state index contributed by atoms with van der Waals surface area (Å²) in [5, 5.41) is 17.0. The van der Waals surface area contributed by atoms with Crippen LogP contribution in [-0.4, -0.2) is 45.4 Å². The molecule has 1 aliphatic heterocycles. The lowest BCUT2D eigenvalue weighted by molar-refractivity contribution is -0.135. The Morgan fingerprint density at radius 3 is 1.97 bits per heavy atom. The number of carbonyl (C=O) groups excluding carboxylic acids is 1. The second-order valence-corrected chi connectivity index (χ2v) is 11.1. The van der Waals surface area contributed by atoms with E-state index in [2.05, 4.69) is 47.1 Å². The predicted octanol–water partition coefficient (Wildman–Crippen LogP) is 6.56. The maximum atomic E-state index is 12.0. The van der Waals surface area contributed by atoms with Gasteiger partial charge in [-0.2, -0.15) is 5.10 Å². The van der Waals surface area contributed by atoms with Crippen molar-refractivity contribution in [1.29, 1.82) is 0 Å². The normalized spacial score (nSPS) is 16.6. The molecule has 190 valence electrons. The number of aromatic nitrogens is 2. The van der Waals surface area contributed by atoms with E-state index in [-0.39, 0.29) is 11.8 Å². The third kappa shape index (κ3) is 4.88. The highest BCUT2D eigenvalue weighted by Crippen LogP contribution is 2.43. The van der Waals surface area contributed by atoms with E-state index in [1.165, 1.54) is 16.6 Å². The van der Waals surface area contributed by atoms with Crippen LogP contribution in [0.2, 0.25) is 10.0 Å². The van der Waals surface area contributed by atoms with Gasteiger partial charge in [0, 0.05) is 46.1 Å². The molecule has 7 heteroatoms. The highest BCUT2D eigenvalue weighted by atomic mass is 35.5. The number of fused-ring (bicyclic) bond motifs is 1. The molecule has 3 aromatic carbocycles. The average Bonchev–Trinajstić information content (AvgIpc) is 3.71. The average molecular weight is 534 g/mol. The molecule has 0 atom stereocenters. The first-order valence-electron chi connectivity index (χ1n) is 12.9. The number of carbonyl (C=O) groups is 1. The minimum Gasteiger partial charge on any atom is -0.387 e. The van der Waals surface area contributed by atoms with Gasteiger partial charge in [0.25, 0.3) is 0 Å². The van der Waals surface area contributed by atoms with E-state index in [4.69, 9.17) is 28.3 Å². The number of likely N-dealkylation sites (tertiary alicyclic amines) is 1. The molecule has 5 nitrogen and oxygen atoms in total. The molecule has 1 N–H and O–H groups in total. The first kappa shape index (κ1) is 24.5. The van der Waals surface area contributed by atoms with E-state index < -0.39 is 6.61 Å². The SMILES string of the molecule is O=C(CO)N1CCC(c2c3cc(C(c4ccc(Cl)cc4)c4ccc(Cl)cc4)ccc3nn2C2CC2)CC1. The molecule has 1 saturated carbocycles. The van der Waals surface area contributed by atoms with Gasteiger partial charge in [0.05, 0.1) is 11.6 Å². The van der Waals surface area contributed by atoms with Crippen molar-refractivity contribution in [3.8, 4) is 0 Å². The van der Waals surface area contributed by atoms with Crippen LogP contribution in [0.5, 0.6) is 0 Å². The molecular weight excluding hydrogens is 505 g/mol. The molecule has 1 saturated heterocycles. The molecule has 0 spiro atoms. The topological polar surface area (TPSA) is 58.4 Å². The van der Waals surface area contributed by atoms with Crippen LogP contribution in [0.1, 0.15) is 65.9 Å². The quantitative estimate of drug-likeness (QED) is 0.285. The van der Waals surface area contributed by atoms with E-state index in [1.807, 2.05) is 24.3 Å². The highest BCUT2D eigenvalue weighted by molar-refractivity contribution is 6.30. The van der Waals surface area contributed by atoms with Crippen molar-refractivity contribution in [3.05, 3.63) is 99.2 Å². The zero-order valence-corrected chi connectivity index (χ0v) is 22.0. The van der Waals surface area contributed by atoms with Crippen molar-refractivity contribution in [2.24, 2.45) is 0 Å². The van der Waals surface area contributed by atoms with Gasteiger partial charge in [-0.25, -0.2) is 0 Å². The van der Waals surface area contributed by atoms with Crippen molar-refractivity contribution in [2.75, 3.05) is 19.7 Å². The lowest BCUT2D eigenvalue weighted by Crippen LogP contribution is -2.39. The summed E-state index contributed by atoms with van der Waals surface area (Å²) in [7, 11) is 0. The molecule has 0 bridgehead atoms. The molecule has 2 heterocycles. The van der Waals surface area contributed by atoms with Gasteiger partial charge in [-0.15, -0.1) is 0 Å². The zero-order valence-electron chi connectivity index (χ0n) is 20.5. The van der Waals surface area contributed by atoms with E-state index in [0.29, 0.717) is 35.1 Å². The molecule has 1 aliphatic carbocycles. The Kier molecular flexibility index (Phi) is 6.70. The van der Waals surface area contributed by atoms with Gasteiger partial charge in [0.2, 0.25) is 5.91 Å². The predicted molar refractivity (Wildman–Crippen MR) is 147 cm³/mol. The summed E-state index contributed by atoms with van der Waals surface area (Å²) in [6.45, 7) is 0.909. The minimum absolute atomic E-state index is 0.0279. The van der Waals surface area contributed by atoms with Crippen molar-refractivity contribution < 1.29 is 9.90 Å². The van der Waals surface area contributed by atoms with Gasteiger partial charge >= 0.3 is 0 Å². The molecule has 37 heavy (non-hydrogen) atoms. The standard InChI is InChI=1S/C30H29Cl2N3O2/c31-23-6-1-19(2-7-23)29(20-3-8-24(32)9-4-20)22-5-12-27-26(17-22)30(35(33-27)25-10-11-25)21-13-15-34(16-14-21)28(37)18-36/h1-9,12,17,21,25,29,36H,10-11,13-16,18H2. The lowest BCUT2D eigenvalue weighted by atomic mass is 9.84. The number of hydrogen-bond acceptors (Lipinski definition) is 3. The van der Waals surface area contributed by atoms with Crippen molar-refractivity contribution in [1.82, 2.24) is 14.7 Å². The third-order valence-corrected chi connectivity index (χ3v) is 8.27. The second kappa shape index (κ2) is 10.1. The summed E-state index contributed by atoms with van der Waals surface area (Å²) < 4.78 is 2.27. The fraction of sp³-hybridized carbons (Fsp3) is 0.333. The maximum absolute atomic E-state index is 12.0. The van der Waals surface area contributed by atoms with Crippen LogP contribution >= 0.6 is 23.2 Å². The maximum Gasteiger partial charge on any atom is 0.248 e. The van der Waals surface area contributed by atoms with Crippen LogP contribution in [0, 0.1) is 0 Å². The Balaban J connectivity index is 1.43. The van der Waals surface area contributed by atoms with Crippen LogP contribution in [0.25, 0.3) is 10.9 Å². The summed E-state index contributed by atoms with van der Waals surface area (Å²) in [6.07, 6.45) is 4.07. The second-order valence-electron chi connectivity index (χ2n) is 10.2. The Hall–Kier alpha value is -2.86. The van der Waals surface area contributed by atoms with Crippen molar-refractivity contribution in [3.63, 3.8) is 0 Å². The van der Waals surface area contributed by atoms with Gasteiger partial charge < -0.3 is 10.0 Å². The summed E-state index contributed by atoms with van der Waals surface area (Å²) in [5.41, 5.74) is 5.84. The molecule has 1 amide bonds. The highest BCUT2D eigenvalue weighted by Gasteiger charge is 2.33. The van der Waals surface area contributed by atoms with Gasteiger partial charge in [0.1, 0.15) is 6.61 Å². The lowest BCUT2D eigenvalue weighted by Gasteiger charge is -2.32. The Morgan fingerprint density at radius 1 is 0.865 bits per heavy atom. The number of nitrogens with zero attached hydrogens (tertiary/aromatic N) is 3. The van der Waals surface area contributed by atoms with E-state index in [0.717, 1.165) is 42.3 Å². The minimum atomic E-state index is -0.423. The first-order valence-corrected chi connectivity index (χ1v) is 13.7. The van der Waals surface area contributed by atoms with Crippen LogP contribution in [0.3, 0.4) is 0 Å². The molecule has 0 radical (unpaired) electrons. The molecule has 1 aromatic heterocycles. The monoisotopic (exact) mass is 533 g/mol. The molecule has 4 aromatic rings. The van der Waals surface area contributed by atoms with Gasteiger partial charge in [-0.05, 0) is 78.8 Å². The van der Waals surface area contributed by atoms with E-state index in [9.17, 15) is 9.90 Å². The molecule has 2 fully saturated rings. The Morgan fingerprint density at radius 2 is 1.43 bits per heavy atom. The van der Waals surface area contributed by atoms with Gasteiger partial charge in [-0.1, -0.05) is 53.5 Å². The number of halogens is 2. The number of aliphatic hydroxyl groups is 1. The fourth-order valence-corrected chi connectivity index (χ4v) is 5.97. The summed E-state index contributed by atoms with van der Waals surface area (Å²) in [6, 6.07) is 23.2. The number of piperidine rings is 1. The molecule has 0 unspecified atom stereocenters. The van der Waals surface area contributed by atoms with E-state index in [1.54, 1.807) is 4.90 Å². The Labute approximate surface area is 226 Å². The van der Waals surface area contributed by atoms with Crippen LogP contribution in [0.4, 0.5) is 0 Å². The first-order chi connectivity index (χ1) is 18.0. The number of aliphatic hydroxyl groups excluding tert-OH is 1. The van der Waals surface area contributed by atoms with Crippen LogP contribution in [0.15, 0.2) is 66.7 Å². The summed E-state index contributed by atoms with van der Waals surface area (Å²) in [5.74, 6) is 0.170. The summed E-state index contributed by atoms with van der Waals surface area (Å²) >= 11 is 12.4. The zero-order chi connectivity index (χ0) is 25.5. The summed E-state index contributed by atoms with van der Waals surface area (Å²) in [4.78, 5) is 13.8. The molecule has 2 aliphatic rings. The fourth-order valence-electron chi connectivity index (χ4n) is 5.71. The van der Waals surface area contributed by atoms with Crippen LogP contribution < -0.4 is 0 Å². The smallest absolute Gasteiger partial charge is 0.248 e. The molecular formula is C30H29Cl2N3O2. The number of hydrogen-bond donors (Lipinski definition) is 1. The van der Waals surface area contributed by atoms with Gasteiger partial charge in [-0.3, -0.25) is 9.48 Å². The number of rotatable bonds is 6. The van der Waals surface area contributed by atoms with Crippen LogP contribution in [-0.2, 0) is 4.79 Å². The van der Waals surface area contributed by atoms with Crippen molar-refractivity contribution in [2.45, 2.75) is 43.6 Å². The Bertz CT molecular complexity index is 1370. The largest absolute Gasteiger partial charge is 0.387 e. The third-order valence-electron chi connectivity index (χ3n) is 7.76. The molecule has 6 rings (SSSR count). The van der Waals surface area contributed by atoms with Crippen molar-refractivity contribution >= 4 is 40.0 Å². The van der Waals surface area contributed by atoms with E-state index >= 15 is 0 Å². The number of benzene rings is 3. The van der Waals surface area contributed by atoms with Gasteiger partial charge in [0.15, 0.2) is 0 Å². The number of amides is 1.